The van der Waals surface area contributed by atoms with Crippen LogP contribution in [0.4, 0.5) is 13.2 Å². The van der Waals surface area contributed by atoms with Crippen molar-refractivity contribution in [3.8, 4) is 0 Å². The Labute approximate surface area is 112 Å². The molecule has 2 nitrogen and oxygen atoms in total. The van der Waals surface area contributed by atoms with Crippen molar-refractivity contribution in [3.05, 3.63) is 35.9 Å². The lowest BCUT2D eigenvalue weighted by atomic mass is 10.1. The molecule has 1 N–H and O–H groups in total. The van der Waals surface area contributed by atoms with Gasteiger partial charge in [0.1, 0.15) is 0 Å². The maximum Gasteiger partial charge on any atom is 0.401 e. The van der Waals surface area contributed by atoms with Gasteiger partial charge in [-0.15, -0.1) is 0 Å². The third kappa shape index (κ3) is 7.85. The van der Waals surface area contributed by atoms with E-state index >= 15 is 0 Å². The first-order chi connectivity index (χ1) is 9.01. The quantitative estimate of drug-likeness (QED) is 0.784. The molecule has 0 aliphatic carbocycles. The SMILES string of the molecule is CNCCN(CCCc1ccccc1)CC(F)(F)F. The van der Waals surface area contributed by atoms with E-state index in [9.17, 15) is 13.2 Å². The fourth-order valence-corrected chi connectivity index (χ4v) is 1.94. The number of aryl methyl sites for hydroxylation is 1. The average molecular weight is 274 g/mol. The summed E-state index contributed by atoms with van der Waals surface area (Å²) in [5, 5.41) is 2.88. The van der Waals surface area contributed by atoms with E-state index in [1.807, 2.05) is 30.3 Å². The first-order valence-electron chi connectivity index (χ1n) is 6.49. The van der Waals surface area contributed by atoms with E-state index in [0.717, 1.165) is 12.8 Å². The number of benzene rings is 1. The van der Waals surface area contributed by atoms with Crippen LogP contribution in [0.2, 0.25) is 0 Å². The maximum absolute atomic E-state index is 12.4. The molecule has 1 aromatic rings. The lowest BCUT2D eigenvalue weighted by Crippen LogP contribution is -2.38. The predicted molar refractivity (Wildman–Crippen MR) is 71.2 cm³/mol. The second kappa shape index (κ2) is 8.17. The lowest BCUT2D eigenvalue weighted by Gasteiger charge is -2.23. The monoisotopic (exact) mass is 274 g/mol. The standard InChI is InChI=1S/C14H21F3N2/c1-18-9-11-19(12-14(15,16)17)10-5-8-13-6-3-2-4-7-13/h2-4,6-7,18H,5,8-12H2,1H3. The molecule has 0 bridgehead atoms. The molecular formula is C14H21F3N2. The van der Waals surface area contributed by atoms with Gasteiger partial charge >= 0.3 is 6.18 Å². The van der Waals surface area contributed by atoms with Gasteiger partial charge in [-0.25, -0.2) is 0 Å². The van der Waals surface area contributed by atoms with Crippen molar-refractivity contribution in [1.29, 1.82) is 0 Å². The highest BCUT2D eigenvalue weighted by molar-refractivity contribution is 5.14. The summed E-state index contributed by atoms with van der Waals surface area (Å²) in [5.41, 5.74) is 1.17. The van der Waals surface area contributed by atoms with E-state index in [4.69, 9.17) is 0 Å². The highest BCUT2D eigenvalue weighted by atomic mass is 19.4. The third-order valence-corrected chi connectivity index (χ3v) is 2.86. The number of hydrogen-bond donors (Lipinski definition) is 1. The number of nitrogens with one attached hydrogen (secondary N) is 1. The summed E-state index contributed by atoms with van der Waals surface area (Å²) in [4.78, 5) is 1.46. The Balaban J connectivity index is 2.35. The van der Waals surface area contributed by atoms with Crippen molar-refractivity contribution in [3.63, 3.8) is 0 Å². The minimum Gasteiger partial charge on any atom is -0.318 e. The summed E-state index contributed by atoms with van der Waals surface area (Å²) in [6.07, 6.45) is -2.57. The molecule has 0 unspecified atom stereocenters. The van der Waals surface area contributed by atoms with Gasteiger partial charge in [0.2, 0.25) is 0 Å². The number of nitrogens with zero attached hydrogens (tertiary/aromatic N) is 1. The van der Waals surface area contributed by atoms with Crippen molar-refractivity contribution in [1.82, 2.24) is 10.2 Å². The first kappa shape index (κ1) is 16.0. The van der Waals surface area contributed by atoms with Gasteiger partial charge in [0.15, 0.2) is 0 Å². The molecule has 1 rings (SSSR count). The fraction of sp³-hybridized carbons (Fsp3) is 0.571. The normalized spacial score (nSPS) is 12.1. The molecule has 0 heterocycles. The Morgan fingerprint density at radius 2 is 1.79 bits per heavy atom. The van der Waals surface area contributed by atoms with Crippen molar-refractivity contribution in [2.45, 2.75) is 19.0 Å². The smallest absolute Gasteiger partial charge is 0.318 e. The second-order valence-corrected chi connectivity index (χ2v) is 4.58. The van der Waals surface area contributed by atoms with Crippen molar-refractivity contribution < 1.29 is 13.2 Å². The van der Waals surface area contributed by atoms with E-state index in [0.29, 0.717) is 19.6 Å². The topological polar surface area (TPSA) is 15.3 Å². The van der Waals surface area contributed by atoms with Gasteiger partial charge in [0, 0.05) is 13.1 Å². The largest absolute Gasteiger partial charge is 0.401 e. The number of hydrogen-bond acceptors (Lipinski definition) is 2. The van der Waals surface area contributed by atoms with Crippen LogP contribution in [-0.2, 0) is 6.42 Å². The Morgan fingerprint density at radius 3 is 2.37 bits per heavy atom. The Morgan fingerprint density at radius 1 is 1.11 bits per heavy atom. The summed E-state index contributed by atoms with van der Waals surface area (Å²) < 4.78 is 37.3. The van der Waals surface area contributed by atoms with Gasteiger partial charge in [0.25, 0.3) is 0 Å². The summed E-state index contributed by atoms with van der Waals surface area (Å²) in [7, 11) is 1.75. The van der Waals surface area contributed by atoms with Crippen LogP contribution < -0.4 is 5.32 Å². The molecule has 0 spiro atoms. The molecule has 0 aliphatic heterocycles. The number of rotatable bonds is 8. The minimum atomic E-state index is -4.12. The van der Waals surface area contributed by atoms with Gasteiger partial charge in [-0.2, -0.15) is 13.2 Å². The summed E-state index contributed by atoms with van der Waals surface area (Å²) in [5.74, 6) is 0. The van der Waals surface area contributed by atoms with E-state index in [2.05, 4.69) is 5.32 Å². The molecule has 5 heteroatoms. The molecule has 1 aromatic carbocycles. The van der Waals surface area contributed by atoms with Crippen LogP contribution in [0.1, 0.15) is 12.0 Å². The molecule has 0 aliphatic rings. The molecule has 19 heavy (non-hydrogen) atoms. The van der Waals surface area contributed by atoms with Crippen LogP contribution in [0.15, 0.2) is 30.3 Å². The second-order valence-electron chi connectivity index (χ2n) is 4.58. The molecule has 0 aromatic heterocycles. The Kier molecular flexibility index (Phi) is 6.87. The number of likely N-dealkylation sites (N-methyl/N-ethyl adjacent to an activating group) is 1. The highest BCUT2D eigenvalue weighted by Gasteiger charge is 2.30. The van der Waals surface area contributed by atoms with Crippen LogP contribution in [0, 0.1) is 0 Å². The van der Waals surface area contributed by atoms with Gasteiger partial charge < -0.3 is 5.32 Å². The molecule has 108 valence electrons. The third-order valence-electron chi connectivity index (χ3n) is 2.86. The molecule has 0 amide bonds. The zero-order valence-electron chi connectivity index (χ0n) is 11.2. The van der Waals surface area contributed by atoms with Crippen LogP contribution in [0.25, 0.3) is 0 Å². The number of halogens is 3. The average Bonchev–Trinajstić information content (AvgIpc) is 2.35. The summed E-state index contributed by atoms with van der Waals surface area (Å²) in [6, 6.07) is 9.84. The van der Waals surface area contributed by atoms with E-state index < -0.39 is 12.7 Å². The highest BCUT2D eigenvalue weighted by Crippen LogP contribution is 2.16. The summed E-state index contributed by atoms with van der Waals surface area (Å²) >= 11 is 0. The van der Waals surface area contributed by atoms with Crippen molar-refractivity contribution >= 4 is 0 Å². The zero-order chi connectivity index (χ0) is 14.1. The first-order valence-corrected chi connectivity index (χ1v) is 6.49. The molecule has 0 saturated heterocycles. The molecule has 0 atom stereocenters. The van der Waals surface area contributed by atoms with Crippen LogP contribution in [-0.4, -0.2) is 44.3 Å². The van der Waals surface area contributed by atoms with Gasteiger partial charge in [-0.05, 0) is 32.0 Å². The van der Waals surface area contributed by atoms with Crippen molar-refractivity contribution in [2.24, 2.45) is 0 Å². The maximum atomic E-state index is 12.4. The molecule has 0 fully saturated rings. The lowest BCUT2D eigenvalue weighted by molar-refractivity contribution is -0.145. The Hall–Kier alpha value is -1.07. The molecule has 0 saturated carbocycles. The zero-order valence-corrected chi connectivity index (χ0v) is 11.2. The van der Waals surface area contributed by atoms with E-state index in [1.54, 1.807) is 7.05 Å². The van der Waals surface area contributed by atoms with Gasteiger partial charge in [-0.3, -0.25) is 4.90 Å². The van der Waals surface area contributed by atoms with Crippen LogP contribution >= 0.6 is 0 Å². The van der Waals surface area contributed by atoms with Gasteiger partial charge in [0.05, 0.1) is 6.54 Å². The minimum absolute atomic E-state index is 0.421. The predicted octanol–water partition coefficient (Wildman–Crippen LogP) is 2.70. The summed E-state index contributed by atoms with van der Waals surface area (Å²) in [6.45, 7) is 0.631. The molecule has 0 radical (unpaired) electrons. The fourth-order valence-electron chi connectivity index (χ4n) is 1.94. The van der Waals surface area contributed by atoms with Gasteiger partial charge in [-0.1, -0.05) is 30.3 Å². The van der Waals surface area contributed by atoms with Crippen LogP contribution in [0.5, 0.6) is 0 Å². The molecular weight excluding hydrogens is 253 g/mol. The van der Waals surface area contributed by atoms with E-state index in [-0.39, 0.29) is 0 Å². The van der Waals surface area contributed by atoms with E-state index in [1.165, 1.54) is 10.5 Å². The van der Waals surface area contributed by atoms with Crippen molar-refractivity contribution in [2.75, 3.05) is 33.2 Å². The van der Waals surface area contributed by atoms with Crippen LogP contribution in [0.3, 0.4) is 0 Å². The number of alkyl halides is 3. The Bertz CT molecular complexity index is 338.